The summed E-state index contributed by atoms with van der Waals surface area (Å²) in [6.45, 7) is 8.96. The Bertz CT molecular complexity index is 1630. The molecule has 4 aromatic rings. The highest BCUT2D eigenvalue weighted by atomic mass is 19.1. The highest BCUT2D eigenvalue weighted by Crippen LogP contribution is 2.34. The zero-order valence-electron chi connectivity index (χ0n) is 25.3. The summed E-state index contributed by atoms with van der Waals surface area (Å²) in [6, 6.07) is 14.6. The summed E-state index contributed by atoms with van der Waals surface area (Å²) >= 11 is 0. The lowest BCUT2D eigenvalue weighted by Gasteiger charge is -2.36. The van der Waals surface area contributed by atoms with E-state index < -0.39 is 11.6 Å². The van der Waals surface area contributed by atoms with Crippen molar-refractivity contribution >= 4 is 17.0 Å². The van der Waals surface area contributed by atoms with Gasteiger partial charge in [0.15, 0.2) is 0 Å². The Morgan fingerprint density at radius 3 is 2.55 bits per heavy atom. The van der Waals surface area contributed by atoms with Crippen LogP contribution in [-0.4, -0.2) is 57.3 Å². The van der Waals surface area contributed by atoms with Crippen LogP contribution >= 0.6 is 0 Å². The highest BCUT2D eigenvalue weighted by molar-refractivity contribution is 5.94. The number of esters is 1. The topological polar surface area (TPSA) is 78.7 Å². The maximum absolute atomic E-state index is 14.0. The van der Waals surface area contributed by atoms with Gasteiger partial charge in [-0.05, 0) is 95.6 Å². The number of fused-ring (bicyclic) bond motifs is 1. The molecule has 0 unspecified atom stereocenters. The minimum absolute atomic E-state index is 0.0540. The monoisotopic (exact) mass is 604 g/mol. The Balaban J connectivity index is 1.15. The van der Waals surface area contributed by atoms with Crippen LogP contribution in [0.3, 0.4) is 0 Å². The van der Waals surface area contributed by atoms with Gasteiger partial charge in [0.05, 0.1) is 41.4 Å². The van der Waals surface area contributed by atoms with E-state index in [-0.39, 0.29) is 42.3 Å². The number of hydrogen-bond acceptors (Lipinski definition) is 7. The summed E-state index contributed by atoms with van der Waals surface area (Å²) < 4.78 is 46.7. The second kappa shape index (κ2) is 13.0. The number of carbonyl (C=O) groups excluding carboxylic acids is 1. The lowest BCUT2D eigenvalue weighted by molar-refractivity contribution is -0.0594. The fourth-order valence-corrected chi connectivity index (χ4v) is 5.98. The molecule has 0 aliphatic carbocycles. The number of imidazole rings is 1. The number of hydrogen-bond donors (Lipinski definition) is 0. The van der Waals surface area contributed by atoms with E-state index in [9.17, 15) is 13.6 Å². The molecule has 0 N–H and O–H groups in total. The molecule has 44 heavy (non-hydrogen) atoms. The van der Waals surface area contributed by atoms with Crippen LogP contribution in [0, 0.1) is 11.6 Å². The van der Waals surface area contributed by atoms with Crippen molar-refractivity contribution in [3.63, 3.8) is 0 Å². The van der Waals surface area contributed by atoms with Crippen molar-refractivity contribution in [2.24, 2.45) is 0 Å². The number of ether oxygens (including phenoxy) is 3. The molecule has 2 saturated heterocycles. The van der Waals surface area contributed by atoms with Crippen molar-refractivity contribution in [3.05, 3.63) is 88.9 Å². The van der Waals surface area contributed by atoms with Crippen LogP contribution in [0.15, 0.2) is 54.6 Å². The van der Waals surface area contributed by atoms with E-state index in [4.69, 9.17) is 24.2 Å². The third kappa shape index (κ3) is 6.61. The number of likely N-dealkylation sites (tertiary alicyclic amines) is 1. The van der Waals surface area contributed by atoms with Gasteiger partial charge in [-0.15, -0.1) is 0 Å². The van der Waals surface area contributed by atoms with Gasteiger partial charge in [0.1, 0.15) is 24.1 Å². The molecule has 10 heteroatoms. The minimum atomic E-state index is -0.508. The second-order valence-electron chi connectivity index (χ2n) is 11.9. The molecule has 232 valence electrons. The van der Waals surface area contributed by atoms with Gasteiger partial charge in [0.25, 0.3) is 0 Å². The summed E-state index contributed by atoms with van der Waals surface area (Å²) in [7, 11) is 0. The molecular formula is C34H38F2N4O4. The van der Waals surface area contributed by atoms with Gasteiger partial charge >= 0.3 is 5.97 Å². The minimum Gasteiger partial charge on any atom is -0.473 e. The fourth-order valence-electron chi connectivity index (χ4n) is 5.98. The predicted octanol–water partition coefficient (Wildman–Crippen LogP) is 6.58. The average molecular weight is 605 g/mol. The van der Waals surface area contributed by atoms with Crippen molar-refractivity contribution in [2.45, 2.75) is 77.4 Å². The van der Waals surface area contributed by atoms with E-state index in [1.807, 2.05) is 38.1 Å². The van der Waals surface area contributed by atoms with Crippen LogP contribution in [0.2, 0.25) is 0 Å². The largest absolute Gasteiger partial charge is 0.473 e. The van der Waals surface area contributed by atoms with Crippen molar-refractivity contribution in [2.75, 3.05) is 19.7 Å². The second-order valence-corrected chi connectivity index (χ2v) is 11.9. The number of aromatic nitrogens is 3. The van der Waals surface area contributed by atoms with E-state index in [1.165, 1.54) is 0 Å². The number of pyridine rings is 1. The maximum Gasteiger partial charge on any atom is 0.338 e. The van der Waals surface area contributed by atoms with Crippen LogP contribution in [0.1, 0.15) is 79.4 Å². The van der Waals surface area contributed by atoms with Gasteiger partial charge in [-0.3, -0.25) is 4.90 Å². The SMILES string of the molecule is CC(C)OC(=O)c1ccc2nc([C@H](C)N3CCC(c4cccc(OCc5cc(F)ccc5F)n4)CC3)n(C[C@@H]3CCO3)c2c1. The molecule has 2 atom stereocenters. The Morgan fingerprint density at radius 2 is 1.82 bits per heavy atom. The van der Waals surface area contributed by atoms with Crippen LogP contribution < -0.4 is 4.74 Å². The molecule has 0 bridgehead atoms. The van der Waals surface area contributed by atoms with E-state index in [1.54, 1.807) is 12.1 Å². The molecule has 2 aromatic carbocycles. The Hall–Kier alpha value is -3.89. The van der Waals surface area contributed by atoms with E-state index in [2.05, 4.69) is 16.4 Å². The van der Waals surface area contributed by atoms with Crippen LogP contribution in [0.4, 0.5) is 8.78 Å². The van der Waals surface area contributed by atoms with Crippen LogP contribution in [0.25, 0.3) is 11.0 Å². The van der Waals surface area contributed by atoms with E-state index in [0.717, 1.165) is 79.7 Å². The standard InChI is InChI=1S/C34H38F2N4O4/c1-21(2)44-34(41)24-7-10-30-31(18-24)40(19-27-13-16-42-27)33(38-30)22(3)39-14-11-23(12-15-39)29-5-4-6-32(37-29)43-20-25-17-26(35)8-9-28(25)36/h4-10,17-18,21-23,27H,11-16,19-20H2,1-3H3/t22-,27-/m0/s1. The molecule has 0 saturated carbocycles. The van der Waals surface area contributed by atoms with Crippen LogP contribution in [0.5, 0.6) is 5.88 Å². The van der Waals surface area contributed by atoms with Crippen molar-refractivity contribution < 1.29 is 27.8 Å². The smallest absolute Gasteiger partial charge is 0.338 e. The van der Waals surface area contributed by atoms with E-state index in [0.29, 0.717) is 18.0 Å². The van der Waals surface area contributed by atoms with Gasteiger partial charge in [-0.1, -0.05) is 6.07 Å². The summed E-state index contributed by atoms with van der Waals surface area (Å²) in [5.74, 6) is 0.259. The summed E-state index contributed by atoms with van der Waals surface area (Å²) in [6.07, 6.45) is 2.77. The predicted molar refractivity (Wildman–Crippen MR) is 162 cm³/mol. The Morgan fingerprint density at radius 1 is 1.02 bits per heavy atom. The number of rotatable bonds is 10. The normalized spacial score (nSPS) is 18.4. The van der Waals surface area contributed by atoms with Crippen molar-refractivity contribution in [3.8, 4) is 5.88 Å². The average Bonchev–Trinajstić information content (AvgIpc) is 3.36. The molecule has 2 aromatic heterocycles. The van der Waals surface area contributed by atoms with Gasteiger partial charge in [-0.25, -0.2) is 23.5 Å². The zero-order chi connectivity index (χ0) is 30.8. The van der Waals surface area contributed by atoms with Crippen LogP contribution in [-0.2, 0) is 22.6 Å². The summed E-state index contributed by atoms with van der Waals surface area (Å²) in [4.78, 5) is 24.8. The molecule has 0 amide bonds. The first-order valence-corrected chi connectivity index (χ1v) is 15.4. The first kappa shape index (κ1) is 30.1. The Labute approximate surface area is 256 Å². The van der Waals surface area contributed by atoms with Gasteiger partial charge in [-0.2, -0.15) is 0 Å². The molecule has 6 rings (SSSR count). The lowest BCUT2D eigenvalue weighted by Crippen LogP contribution is -2.37. The number of nitrogens with zero attached hydrogens (tertiary/aromatic N) is 4. The van der Waals surface area contributed by atoms with Crippen molar-refractivity contribution in [1.82, 2.24) is 19.4 Å². The fraction of sp³-hybridized carbons (Fsp3) is 0.441. The lowest BCUT2D eigenvalue weighted by atomic mass is 9.92. The van der Waals surface area contributed by atoms with Gasteiger partial charge < -0.3 is 18.8 Å². The quantitative estimate of drug-likeness (QED) is 0.189. The third-order valence-electron chi connectivity index (χ3n) is 8.53. The molecule has 2 fully saturated rings. The van der Waals surface area contributed by atoms with Gasteiger partial charge in [0.2, 0.25) is 5.88 Å². The first-order valence-electron chi connectivity index (χ1n) is 15.4. The number of halogens is 2. The number of benzene rings is 2. The molecular weight excluding hydrogens is 566 g/mol. The first-order chi connectivity index (χ1) is 21.2. The zero-order valence-corrected chi connectivity index (χ0v) is 25.3. The molecule has 0 spiro atoms. The number of carbonyl (C=O) groups is 1. The molecule has 4 heterocycles. The Kier molecular flexibility index (Phi) is 8.91. The highest BCUT2D eigenvalue weighted by Gasteiger charge is 2.30. The third-order valence-corrected chi connectivity index (χ3v) is 8.53. The van der Waals surface area contributed by atoms with Gasteiger partial charge in [0, 0.05) is 29.8 Å². The molecule has 0 radical (unpaired) electrons. The van der Waals surface area contributed by atoms with Crippen molar-refractivity contribution in [1.29, 1.82) is 0 Å². The summed E-state index contributed by atoms with van der Waals surface area (Å²) in [5.41, 5.74) is 3.36. The maximum atomic E-state index is 14.0. The number of piperidine rings is 1. The molecule has 8 nitrogen and oxygen atoms in total. The summed E-state index contributed by atoms with van der Waals surface area (Å²) in [5, 5.41) is 0. The van der Waals surface area contributed by atoms with E-state index >= 15 is 0 Å². The molecule has 2 aliphatic heterocycles. The molecule has 2 aliphatic rings.